The number of thiol groups is 2. The van der Waals surface area contributed by atoms with Crippen molar-refractivity contribution < 1.29 is 34.8 Å². The van der Waals surface area contributed by atoms with Gasteiger partial charge in [-0.05, 0) is 24.1 Å². The van der Waals surface area contributed by atoms with Crippen LogP contribution in [0, 0.1) is 0 Å². The van der Waals surface area contributed by atoms with Crippen molar-refractivity contribution >= 4 is 43.2 Å². The molecule has 0 heterocycles. The largest absolute Gasteiger partial charge is 0.508 e. The molecule has 0 aliphatic rings. The van der Waals surface area contributed by atoms with Crippen LogP contribution in [0.2, 0.25) is 0 Å². The molecule has 27 heavy (non-hydrogen) atoms. The Morgan fingerprint density at radius 1 is 0.778 bits per heavy atom. The van der Waals surface area contributed by atoms with Crippen molar-refractivity contribution in [1.82, 2.24) is 0 Å². The molecule has 0 aliphatic heterocycles. The van der Waals surface area contributed by atoms with E-state index in [-0.39, 0.29) is 23.7 Å². The molecule has 12 heteroatoms. The van der Waals surface area contributed by atoms with Crippen LogP contribution in [0.25, 0.3) is 0 Å². The molecular formula is C15H25N3O7S2. The van der Waals surface area contributed by atoms with Crippen LogP contribution in [0.3, 0.4) is 0 Å². The molecule has 0 fully saturated rings. The van der Waals surface area contributed by atoms with Gasteiger partial charge in [0, 0.05) is 11.5 Å². The summed E-state index contributed by atoms with van der Waals surface area (Å²) in [6.07, 6.45) is 0.273. The molecule has 0 spiro atoms. The van der Waals surface area contributed by atoms with Gasteiger partial charge in [-0.3, -0.25) is 14.4 Å². The molecule has 154 valence electrons. The average molecular weight is 424 g/mol. The van der Waals surface area contributed by atoms with Gasteiger partial charge in [0.15, 0.2) is 0 Å². The van der Waals surface area contributed by atoms with Crippen LogP contribution in [0.5, 0.6) is 5.75 Å². The zero-order chi connectivity index (χ0) is 21.6. The smallest absolute Gasteiger partial charge is 0.321 e. The van der Waals surface area contributed by atoms with Crippen molar-refractivity contribution in [3.8, 4) is 5.75 Å². The first kappa shape index (κ1) is 27.2. The molecule has 0 bridgehead atoms. The first-order valence-corrected chi connectivity index (χ1v) is 8.67. The average Bonchev–Trinajstić information content (AvgIpc) is 2.62. The minimum atomic E-state index is -1.02. The van der Waals surface area contributed by atoms with Gasteiger partial charge < -0.3 is 37.6 Å². The molecular weight excluding hydrogens is 398 g/mol. The number of aromatic hydroxyl groups is 1. The summed E-state index contributed by atoms with van der Waals surface area (Å²) in [6, 6.07) is 3.79. The van der Waals surface area contributed by atoms with Crippen molar-refractivity contribution in [2.24, 2.45) is 17.2 Å². The third-order valence-electron chi connectivity index (χ3n) is 2.74. The fourth-order valence-corrected chi connectivity index (χ4v) is 1.44. The molecule has 0 aliphatic carbocycles. The van der Waals surface area contributed by atoms with Crippen LogP contribution in [0.15, 0.2) is 24.3 Å². The van der Waals surface area contributed by atoms with E-state index in [0.29, 0.717) is 0 Å². The number of rotatable bonds is 7. The molecule has 3 atom stereocenters. The summed E-state index contributed by atoms with van der Waals surface area (Å²) < 4.78 is 0. The molecule has 0 unspecified atom stereocenters. The highest BCUT2D eigenvalue weighted by molar-refractivity contribution is 7.80. The Labute approximate surface area is 167 Å². The van der Waals surface area contributed by atoms with Crippen molar-refractivity contribution in [1.29, 1.82) is 0 Å². The summed E-state index contributed by atoms with van der Waals surface area (Å²) in [4.78, 5) is 29.9. The molecule has 10 nitrogen and oxygen atoms in total. The molecule has 0 aromatic heterocycles. The summed E-state index contributed by atoms with van der Waals surface area (Å²) in [5, 5.41) is 33.5. The predicted molar refractivity (Wildman–Crippen MR) is 106 cm³/mol. The van der Waals surface area contributed by atoms with Crippen LogP contribution in [0.1, 0.15) is 5.56 Å². The van der Waals surface area contributed by atoms with Gasteiger partial charge in [0.25, 0.3) is 0 Å². The van der Waals surface area contributed by atoms with E-state index in [4.69, 9.17) is 37.6 Å². The van der Waals surface area contributed by atoms with Crippen LogP contribution >= 0.6 is 25.3 Å². The second kappa shape index (κ2) is 15.1. The van der Waals surface area contributed by atoms with Gasteiger partial charge in [0.1, 0.15) is 23.9 Å². The van der Waals surface area contributed by atoms with E-state index in [1.54, 1.807) is 12.1 Å². The number of hydrogen-bond acceptors (Lipinski definition) is 9. The van der Waals surface area contributed by atoms with Gasteiger partial charge in [-0.15, -0.1) is 0 Å². The summed E-state index contributed by atoms with van der Waals surface area (Å²) in [6.45, 7) is 0. The Morgan fingerprint density at radius 3 is 1.33 bits per heavy atom. The van der Waals surface area contributed by atoms with Gasteiger partial charge in [0.05, 0.1) is 0 Å². The third kappa shape index (κ3) is 14.8. The third-order valence-corrected chi connectivity index (χ3v) is 3.52. The maximum absolute atomic E-state index is 10.4. The van der Waals surface area contributed by atoms with Crippen molar-refractivity contribution in [3.63, 3.8) is 0 Å². The van der Waals surface area contributed by atoms with E-state index < -0.39 is 36.0 Å². The Balaban J connectivity index is 0. The highest BCUT2D eigenvalue weighted by Crippen LogP contribution is 2.10. The zero-order valence-electron chi connectivity index (χ0n) is 14.3. The number of aliphatic carboxylic acids is 3. The lowest BCUT2D eigenvalue weighted by Gasteiger charge is -2.05. The van der Waals surface area contributed by atoms with E-state index in [1.165, 1.54) is 12.1 Å². The predicted octanol–water partition coefficient (Wildman–Crippen LogP) is -0.997. The van der Waals surface area contributed by atoms with E-state index in [9.17, 15) is 14.4 Å². The lowest BCUT2D eigenvalue weighted by Crippen LogP contribution is -2.32. The molecule has 1 aromatic rings. The Morgan fingerprint density at radius 2 is 1.11 bits per heavy atom. The summed E-state index contributed by atoms with van der Waals surface area (Å²) in [7, 11) is 0. The Kier molecular flexibility index (Phi) is 15.2. The molecule has 0 saturated heterocycles. The minimum Gasteiger partial charge on any atom is -0.508 e. The summed E-state index contributed by atoms with van der Waals surface area (Å²) in [5.74, 6) is -2.49. The Bertz CT molecular complexity index is 567. The zero-order valence-corrected chi connectivity index (χ0v) is 16.1. The number of benzene rings is 1. The number of phenolic OH excluding ortho intramolecular Hbond substituents is 1. The number of nitrogens with two attached hydrogens (primary N) is 3. The number of carboxylic acid groups (broad SMARTS) is 3. The fraction of sp³-hybridized carbons (Fsp3) is 0.400. The maximum atomic E-state index is 10.4. The molecule has 1 aromatic carbocycles. The second-order valence-electron chi connectivity index (χ2n) is 5.07. The first-order chi connectivity index (χ1) is 12.5. The minimum absolute atomic E-state index is 0.160. The van der Waals surface area contributed by atoms with Crippen LogP contribution in [0.4, 0.5) is 0 Å². The molecule has 0 radical (unpaired) electrons. The van der Waals surface area contributed by atoms with Gasteiger partial charge in [-0.1, -0.05) is 12.1 Å². The Hall–Kier alpha value is -1.99. The monoisotopic (exact) mass is 423 g/mol. The van der Waals surface area contributed by atoms with Crippen molar-refractivity contribution in [3.05, 3.63) is 29.8 Å². The summed E-state index contributed by atoms with van der Waals surface area (Å²) in [5.41, 5.74) is 16.0. The maximum Gasteiger partial charge on any atom is 0.321 e. The fourth-order valence-electron chi connectivity index (χ4n) is 1.13. The molecule has 1 rings (SSSR count). The number of hydrogen-bond donors (Lipinski definition) is 9. The lowest BCUT2D eigenvalue weighted by molar-refractivity contribution is -0.139. The van der Waals surface area contributed by atoms with Crippen molar-refractivity contribution in [2.75, 3.05) is 11.5 Å². The first-order valence-electron chi connectivity index (χ1n) is 7.40. The van der Waals surface area contributed by atoms with Gasteiger partial charge in [-0.2, -0.15) is 25.3 Å². The SMILES string of the molecule is N[C@@H](CS)C(=O)O.N[C@@H](CS)C(=O)O.N[C@@H](Cc1ccc(O)cc1)C(=O)O. The van der Waals surface area contributed by atoms with Crippen LogP contribution in [-0.4, -0.2) is 68.0 Å². The topological polar surface area (TPSA) is 210 Å². The van der Waals surface area contributed by atoms with E-state index in [2.05, 4.69) is 25.3 Å². The van der Waals surface area contributed by atoms with E-state index in [1.807, 2.05) is 0 Å². The van der Waals surface area contributed by atoms with E-state index in [0.717, 1.165) is 5.56 Å². The van der Waals surface area contributed by atoms with Gasteiger partial charge in [-0.25, -0.2) is 0 Å². The summed E-state index contributed by atoms with van der Waals surface area (Å²) >= 11 is 7.30. The molecule has 10 N–H and O–H groups in total. The van der Waals surface area contributed by atoms with Crippen LogP contribution < -0.4 is 17.2 Å². The molecule has 0 saturated carbocycles. The quantitative estimate of drug-likeness (QED) is 0.244. The number of carboxylic acids is 3. The lowest BCUT2D eigenvalue weighted by atomic mass is 10.1. The number of carbonyl (C=O) groups is 3. The van der Waals surface area contributed by atoms with Crippen LogP contribution in [-0.2, 0) is 20.8 Å². The number of phenols is 1. The van der Waals surface area contributed by atoms with Gasteiger partial charge >= 0.3 is 17.9 Å². The standard InChI is InChI=1S/C9H11NO3.2C3H7NO2S/c10-8(9(12)13)5-6-1-3-7(11)4-2-6;2*4-2(1-7)3(5)6/h1-4,8,11H,5,10H2,(H,12,13);2*2,7H,1,4H2,(H,5,6)/t8-;2*2-/m000/s1. The second-order valence-corrected chi connectivity index (χ2v) is 5.80. The van der Waals surface area contributed by atoms with E-state index >= 15 is 0 Å². The molecule has 0 amide bonds. The highest BCUT2D eigenvalue weighted by Gasteiger charge is 2.11. The van der Waals surface area contributed by atoms with Crippen molar-refractivity contribution in [2.45, 2.75) is 24.5 Å². The van der Waals surface area contributed by atoms with Gasteiger partial charge in [0.2, 0.25) is 0 Å². The normalized spacial score (nSPS) is 12.9. The highest BCUT2D eigenvalue weighted by atomic mass is 32.1.